The minimum Gasteiger partial charge on any atom is -0.494 e. The summed E-state index contributed by atoms with van der Waals surface area (Å²) in [6.07, 6.45) is 4.25. The lowest BCUT2D eigenvalue weighted by Crippen LogP contribution is -2.02. The fourth-order valence-corrected chi connectivity index (χ4v) is 3.79. The number of thiazole rings is 1. The summed E-state index contributed by atoms with van der Waals surface area (Å²) in [5, 5.41) is 0. The van der Waals surface area contributed by atoms with Crippen LogP contribution >= 0.6 is 11.3 Å². The molecular weight excluding hydrogens is 328 g/mol. The van der Waals surface area contributed by atoms with E-state index >= 15 is 0 Å². The van der Waals surface area contributed by atoms with Crippen molar-refractivity contribution in [2.75, 3.05) is 6.61 Å². The zero-order valence-corrected chi connectivity index (χ0v) is 14.7. The van der Waals surface area contributed by atoms with Gasteiger partial charge in [0.2, 0.25) is 0 Å². The molecule has 4 heteroatoms. The van der Waals surface area contributed by atoms with Crippen molar-refractivity contribution in [2.24, 2.45) is 4.99 Å². The van der Waals surface area contributed by atoms with Crippen LogP contribution < -0.4 is 14.1 Å². The summed E-state index contributed by atoms with van der Waals surface area (Å²) in [4.78, 5) is 5.76. The van der Waals surface area contributed by atoms with E-state index in [2.05, 4.69) is 40.9 Å². The Hall–Kier alpha value is -2.85. The summed E-state index contributed by atoms with van der Waals surface area (Å²) < 4.78 is 8.84. The van der Waals surface area contributed by atoms with Gasteiger partial charge in [0.25, 0.3) is 0 Å². The molecule has 0 aliphatic carbocycles. The summed E-state index contributed by atoms with van der Waals surface area (Å²) in [7, 11) is 0. The summed E-state index contributed by atoms with van der Waals surface area (Å²) in [6.45, 7) is 2.68. The molecule has 0 spiro atoms. The van der Waals surface area contributed by atoms with Crippen LogP contribution in [0.3, 0.4) is 0 Å². The molecule has 0 unspecified atom stereocenters. The Morgan fingerprint density at radius 1 is 1.00 bits per heavy atom. The minimum atomic E-state index is 0.684. The lowest BCUT2D eigenvalue weighted by atomic mass is 10.2. The van der Waals surface area contributed by atoms with Crippen molar-refractivity contribution in [3.63, 3.8) is 0 Å². The van der Waals surface area contributed by atoms with Crippen molar-refractivity contribution in [3.8, 4) is 5.75 Å². The molecule has 0 radical (unpaired) electrons. The summed E-state index contributed by atoms with van der Waals surface area (Å²) in [6, 6.07) is 22.4. The molecule has 25 heavy (non-hydrogen) atoms. The molecule has 0 atom stereocenters. The monoisotopic (exact) mass is 346 g/mol. The highest BCUT2D eigenvalue weighted by Gasteiger charge is 2.02. The van der Waals surface area contributed by atoms with E-state index in [-0.39, 0.29) is 0 Å². The van der Waals surface area contributed by atoms with Gasteiger partial charge in [-0.15, -0.1) is 0 Å². The standard InChI is InChI=1S/C21H18N2OS/c1-2-24-18-12-10-16(11-13-18)15-20-19-9-6-14-23(19)21(25-20)22-17-7-4-3-5-8-17/h3-15H,2H2,1H3/b20-15-,22-21?. The first kappa shape index (κ1) is 15.7. The topological polar surface area (TPSA) is 26.0 Å². The summed E-state index contributed by atoms with van der Waals surface area (Å²) in [5.74, 6) is 0.901. The first-order valence-electron chi connectivity index (χ1n) is 8.28. The average molecular weight is 346 g/mol. The maximum absolute atomic E-state index is 5.51. The van der Waals surface area contributed by atoms with Gasteiger partial charge in [-0.2, -0.15) is 0 Å². The highest BCUT2D eigenvalue weighted by Crippen LogP contribution is 2.13. The lowest BCUT2D eigenvalue weighted by molar-refractivity contribution is 0.340. The maximum Gasteiger partial charge on any atom is 0.195 e. The average Bonchev–Trinajstić information content (AvgIpc) is 3.23. The highest BCUT2D eigenvalue weighted by molar-refractivity contribution is 7.07. The number of ether oxygens (including phenoxy) is 1. The zero-order chi connectivity index (χ0) is 17.1. The Kier molecular flexibility index (Phi) is 4.36. The fraction of sp³-hybridized carbons (Fsp3) is 0.0952. The second kappa shape index (κ2) is 6.95. The van der Waals surface area contributed by atoms with Crippen LogP contribution in [0.15, 0.2) is 77.9 Å². The third-order valence-electron chi connectivity index (χ3n) is 3.88. The van der Waals surface area contributed by atoms with Crippen molar-refractivity contribution in [2.45, 2.75) is 6.92 Å². The first-order chi connectivity index (χ1) is 12.3. The van der Waals surface area contributed by atoms with Gasteiger partial charge in [0.15, 0.2) is 4.80 Å². The first-order valence-corrected chi connectivity index (χ1v) is 9.09. The van der Waals surface area contributed by atoms with Crippen LogP contribution in [0.5, 0.6) is 5.75 Å². The SMILES string of the molecule is CCOc1ccc(/C=c2\sc(=Nc3ccccc3)n3cccc23)cc1. The van der Waals surface area contributed by atoms with E-state index in [9.17, 15) is 0 Å². The van der Waals surface area contributed by atoms with Crippen LogP contribution in [0.25, 0.3) is 11.6 Å². The normalized spacial score (nSPS) is 12.8. The molecular formula is C21H18N2OS. The predicted molar refractivity (Wildman–Crippen MR) is 103 cm³/mol. The predicted octanol–water partition coefficient (Wildman–Crippen LogP) is 4.18. The van der Waals surface area contributed by atoms with Gasteiger partial charge in [-0.25, -0.2) is 4.99 Å². The highest BCUT2D eigenvalue weighted by atomic mass is 32.1. The van der Waals surface area contributed by atoms with Crippen LogP contribution in [0.2, 0.25) is 0 Å². The number of hydrogen-bond donors (Lipinski definition) is 0. The second-order valence-electron chi connectivity index (χ2n) is 5.61. The number of para-hydroxylation sites is 1. The quantitative estimate of drug-likeness (QED) is 0.544. The lowest BCUT2D eigenvalue weighted by Gasteiger charge is -2.01. The zero-order valence-electron chi connectivity index (χ0n) is 13.9. The largest absolute Gasteiger partial charge is 0.494 e. The number of aromatic nitrogens is 1. The van der Waals surface area contributed by atoms with E-state index in [4.69, 9.17) is 9.73 Å². The van der Waals surface area contributed by atoms with E-state index in [1.807, 2.05) is 49.4 Å². The van der Waals surface area contributed by atoms with Crippen LogP contribution in [0, 0.1) is 0 Å². The Labute approximate surface area is 150 Å². The van der Waals surface area contributed by atoms with Gasteiger partial charge in [0.1, 0.15) is 5.75 Å². The van der Waals surface area contributed by atoms with E-state index in [1.165, 1.54) is 10.0 Å². The Balaban J connectivity index is 1.80. The van der Waals surface area contributed by atoms with Crippen molar-refractivity contribution < 1.29 is 4.74 Å². The summed E-state index contributed by atoms with van der Waals surface area (Å²) >= 11 is 1.69. The minimum absolute atomic E-state index is 0.684. The van der Waals surface area contributed by atoms with Crippen LogP contribution in [-0.4, -0.2) is 11.0 Å². The molecule has 0 N–H and O–H groups in total. The Bertz CT molecular complexity index is 1090. The second-order valence-corrected chi connectivity index (χ2v) is 6.62. The molecule has 0 fully saturated rings. The maximum atomic E-state index is 5.51. The van der Waals surface area contributed by atoms with Gasteiger partial charge in [-0.1, -0.05) is 41.7 Å². The van der Waals surface area contributed by atoms with Gasteiger partial charge in [-0.3, -0.25) is 4.40 Å². The molecule has 0 saturated carbocycles. The molecule has 3 nitrogen and oxygen atoms in total. The number of hydrogen-bond acceptors (Lipinski definition) is 3. The van der Waals surface area contributed by atoms with Gasteiger partial charge < -0.3 is 4.74 Å². The van der Waals surface area contributed by atoms with Crippen molar-refractivity contribution in [3.05, 3.63) is 87.8 Å². The van der Waals surface area contributed by atoms with Crippen LogP contribution in [0.1, 0.15) is 12.5 Å². The molecule has 0 bridgehead atoms. The van der Waals surface area contributed by atoms with Crippen LogP contribution in [0.4, 0.5) is 5.69 Å². The van der Waals surface area contributed by atoms with Gasteiger partial charge >= 0.3 is 0 Å². The molecule has 124 valence electrons. The van der Waals surface area contributed by atoms with Gasteiger partial charge in [-0.05, 0) is 55.0 Å². The number of nitrogens with zero attached hydrogens (tertiary/aromatic N) is 2. The third kappa shape index (κ3) is 3.35. The molecule has 0 aliphatic rings. The molecule has 2 aromatic heterocycles. The molecule has 0 aliphatic heterocycles. The van der Waals surface area contributed by atoms with Crippen molar-refractivity contribution in [1.29, 1.82) is 0 Å². The van der Waals surface area contributed by atoms with E-state index in [0.717, 1.165) is 21.8 Å². The number of benzene rings is 2. The Morgan fingerprint density at radius 3 is 2.56 bits per heavy atom. The summed E-state index contributed by atoms with van der Waals surface area (Å²) in [5.41, 5.74) is 3.29. The molecule has 4 rings (SSSR count). The smallest absolute Gasteiger partial charge is 0.195 e. The van der Waals surface area contributed by atoms with Gasteiger partial charge in [0.05, 0.1) is 22.3 Å². The van der Waals surface area contributed by atoms with E-state index in [0.29, 0.717) is 6.61 Å². The number of fused-ring (bicyclic) bond motifs is 1. The van der Waals surface area contributed by atoms with Crippen molar-refractivity contribution in [1.82, 2.24) is 4.40 Å². The number of rotatable bonds is 4. The molecule has 0 saturated heterocycles. The van der Waals surface area contributed by atoms with Gasteiger partial charge in [0, 0.05) is 6.20 Å². The molecule has 4 aromatic rings. The van der Waals surface area contributed by atoms with E-state index in [1.54, 1.807) is 11.3 Å². The van der Waals surface area contributed by atoms with Crippen molar-refractivity contribution >= 4 is 28.6 Å². The Morgan fingerprint density at radius 2 is 1.80 bits per heavy atom. The van der Waals surface area contributed by atoms with E-state index < -0.39 is 0 Å². The fourth-order valence-electron chi connectivity index (χ4n) is 2.72. The van der Waals surface area contributed by atoms with Crippen LogP contribution in [-0.2, 0) is 0 Å². The third-order valence-corrected chi connectivity index (χ3v) is 4.90. The molecule has 2 heterocycles. The molecule has 2 aromatic carbocycles. The molecule has 0 amide bonds.